The van der Waals surface area contributed by atoms with Crippen LogP contribution in [-0.2, 0) is 21.2 Å². The summed E-state index contributed by atoms with van der Waals surface area (Å²) in [5.74, 6) is -1.42. The Morgan fingerprint density at radius 1 is 1.16 bits per heavy atom. The van der Waals surface area contributed by atoms with E-state index in [1.165, 1.54) is 0 Å². The fourth-order valence-corrected chi connectivity index (χ4v) is 5.16. The molecule has 170 valence electrons. The van der Waals surface area contributed by atoms with Crippen LogP contribution < -0.4 is 10.0 Å². The molecule has 8 heteroatoms. The topological polar surface area (TPSA) is 95.5 Å². The SMILES string of the molecule is CCC(C(=O)O)c1c(CC2NCCC2NS(=O)(=O)CC)cccc1-c1ccccc1.Cl. The number of rotatable bonds is 9. The van der Waals surface area contributed by atoms with Crippen molar-refractivity contribution in [3.63, 3.8) is 0 Å². The fraction of sp³-hybridized carbons (Fsp3) is 0.435. The number of nitrogens with one attached hydrogen (secondary N) is 2. The molecule has 3 rings (SSSR count). The van der Waals surface area contributed by atoms with Gasteiger partial charge in [0.25, 0.3) is 0 Å². The number of hydrogen-bond acceptors (Lipinski definition) is 4. The van der Waals surface area contributed by atoms with Crippen molar-refractivity contribution in [2.24, 2.45) is 0 Å². The Kier molecular flexibility index (Phi) is 9.06. The van der Waals surface area contributed by atoms with E-state index in [1.807, 2.05) is 55.5 Å². The van der Waals surface area contributed by atoms with E-state index < -0.39 is 21.9 Å². The normalized spacial score (nSPS) is 19.5. The molecule has 2 aromatic rings. The second kappa shape index (κ2) is 11.1. The zero-order valence-corrected chi connectivity index (χ0v) is 19.5. The van der Waals surface area contributed by atoms with E-state index >= 15 is 0 Å². The summed E-state index contributed by atoms with van der Waals surface area (Å²) in [6, 6.07) is 15.4. The number of sulfonamides is 1. The van der Waals surface area contributed by atoms with Crippen molar-refractivity contribution >= 4 is 28.4 Å². The molecule has 1 saturated heterocycles. The predicted octanol–water partition coefficient (Wildman–Crippen LogP) is 3.57. The molecule has 1 aliphatic heterocycles. The van der Waals surface area contributed by atoms with Gasteiger partial charge in [-0.2, -0.15) is 0 Å². The van der Waals surface area contributed by atoms with E-state index in [1.54, 1.807) is 6.92 Å². The molecule has 0 bridgehead atoms. The molecule has 1 fully saturated rings. The van der Waals surface area contributed by atoms with Crippen LogP contribution >= 0.6 is 12.4 Å². The minimum Gasteiger partial charge on any atom is -0.481 e. The fourth-order valence-electron chi connectivity index (χ4n) is 4.25. The molecule has 0 saturated carbocycles. The zero-order chi connectivity index (χ0) is 21.7. The second-order valence-electron chi connectivity index (χ2n) is 7.72. The van der Waals surface area contributed by atoms with Crippen molar-refractivity contribution in [3.05, 3.63) is 59.7 Å². The molecule has 6 nitrogen and oxygen atoms in total. The summed E-state index contributed by atoms with van der Waals surface area (Å²) in [7, 11) is -3.31. The lowest BCUT2D eigenvalue weighted by molar-refractivity contribution is -0.138. The number of carboxylic acid groups (broad SMARTS) is 1. The van der Waals surface area contributed by atoms with Gasteiger partial charge in [-0.3, -0.25) is 4.79 Å². The molecule has 2 aromatic carbocycles. The molecule has 1 aliphatic rings. The van der Waals surface area contributed by atoms with E-state index in [9.17, 15) is 18.3 Å². The van der Waals surface area contributed by atoms with Gasteiger partial charge in [0.2, 0.25) is 10.0 Å². The smallest absolute Gasteiger partial charge is 0.310 e. The van der Waals surface area contributed by atoms with Gasteiger partial charge in [-0.1, -0.05) is 55.5 Å². The van der Waals surface area contributed by atoms with Gasteiger partial charge >= 0.3 is 5.97 Å². The van der Waals surface area contributed by atoms with Crippen LogP contribution in [0.1, 0.15) is 43.7 Å². The minimum absolute atomic E-state index is 0. The molecule has 0 aliphatic carbocycles. The van der Waals surface area contributed by atoms with Crippen molar-refractivity contribution < 1.29 is 18.3 Å². The Bertz CT molecular complexity index is 982. The van der Waals surface area contributed by atoms with Crippen LogP contribution in [-0.4, -0.2) is 43.9 Å². The quantitative estimate of drug-likeness (QED) is 0.525. The largest absolute Gasteiger partial charge is 0.481 e. The highest BCUT2D eigenvalue weighted by molar-refractivity contribution is 7.89. The van der Waals surface area contributed by atoms with Crippen LogP contribution in [0.3, 0.4) is 0 Å². The Morgan fingerprint density at radius 3 is 2.48 bits per heavy atom. The number of carboxylic acids is 1. The number of aliphatic carboxylic acids is 1. The summed E-state index contributed by atoms with van der Waals surface area (Å²) in [6.45, 7) is 4.24. The van der Waals surface area contributed by atoms with Crippen molar-refractivity contribution in [2.45, 2.75) is 51.1 Å². The molecule has 0 radical (unpaired) electrons. The van der Waals surface area contributed by atoms with Gasteiger partial charge in [0.15, 0.2) is 0 Å². The number of hydrogen-bond donors (Lipinski definition) is 3. The van der Waals surface area contributed by atoms with Crippen molar-refractivity contribution in [1.82, 2.24) is 10.0 Å². The van der Waals surface area contributed by atoms with Crippen LogP contribution in [0.5, 0.6) is 0 Å². The highest BCUT2D eigenvalue weighted by atomic mass is 35.5. The van der Waals surface area contributed by atoms with Crippen LogP contribution in [0.2, 0.25) is 0 Å². The summed E-state index contributed by atoms with van der Waals surface area (Å²) in [5, 5.41) is 13.3. The summed E-state index contributed by atoms with van der Waals surface area (Å²) in [5.41, 5.74) is 3.68. The Labute approximate surface area is 190 Å². The lowest BCUT2D eigenvalue weighted by Crippen LogP contribution is -2.45. The maximum atomic E-state index is 12.1. The molecule has 0 aromatic heterocycles. The van der Waals surface area contributed by atoms with Gasteiger partial charge in [-0.25, -0.2) is 13.1 Å². The summed E-state index contributed by atoms with van der Waals surface area (Å²) >= 11 is 0. The van der Waals surface area contributed by atoms with Gasteiger partial charge in [0.05, 0.1) is 11.7 Å². The molecule has 31 heavy (non-hydrogen) atoms. The molecule has 1 heterocycles. The predicted molar refractivity (Wildman–Crippen MR) is 126 cm³/mol. The number of benzene rings is 2. The summed E-state index contributed by atoms with van der Waals surface area (Å²) in [4.78, 5) is 12.1. The average molecular weight is 467 g/mol. The van der Waals surface area contributed by atoms with E-state index in [2.05, 4.69) is 10.0 Å². The van der Waals surface area contributed by atoms with Gasteiger partial charge < -0.3 is 10.4 Å². The van der Waals surface area contributed by atoms with E-state index in [-0.39, 0.29) is 30.2 Å². The average Bonchev–Trinajstić information content (AvgIpc) is 3.15. The number of carbonyl (C=O) groups is 1. The summed E-state index contributed by atoms with van der Waals surface area (Å²) in [6.07, 6.45) is 1.76. The highest BCUT2D eigenvalue weighted by Gasteiger charge is 2.32. The first-order valence-corrected chi connectivity index (χ1v) is 12.1. The van der Waals surface area contributed by atoms with Gasteiger partial charge in [-0.05, 0) is 55.0 Å². The van der Waals surface area contributed by atoms with E-state index in [0.717, 1.165) is 28.8 Å². The first-order valence-electron chi connectivity index (χ1n) is 10.5. The second-order valence-corrected chi connectivity index (χ2v) is 9.77. The van der Waals surface area contributed by atoms with Crippen LogP contribution in [0.15, 0.2) is 48.5 Å². The van der Waals surface area contributed by atoms with Gasteiger partial charge in [0, 0.05) is 12.1 Å². The first-order chi connectivity index (χ1) is 14.4. The Balaban J connectivity index is 0.00000341. The maximum Gasteiger partial charge on any atom is 0.310 e. The van der Waals surface area contributed by atoms with Gasteiger partial charge in [-0.15, -0.1) is 12.4 Å². The highest BCUT2D eigenvalue weighted by Crippen LogP contribution is 2.35. The maximum absolute atomic E-state index is 12.1. The molecule has 3 unspecified atom stereocenters. The van der Waals surface area contributed by atoms with E-state index in [4.69, 9.17) is 0 Å². The monoisotopic (exact) mass is 466 g/mol. The van der Waals surface area contributed by atoms with Crippen molar-refractivity contribution in [2.75, 3.05) is 12.3 Å². The lowest BCUT2D eigenvalue weighted by atomic mass is 9.83. The zero-order valence-electron chi connectivity index (χ0n) is 17.9. The summed E-state index contributed by atoms with van der Waals surface area (Å²) < 4.78 is 27.0. The third-order valence-electron chi connectivity index (χ3n) is 5.83. The van der Waals surface area contributed by atoms with Crippen LogP contribution in [0.25, 0.3) is 11.1 Å². The van der Waals surface area contributed by atoms with Crippen molar-refractivity contribution in [3.8, 4) is 11.1 Å². The number of halogens is 1. The molecule has 0 amide bonds. The Hall–Kier alpha value is -1.93. The van der Waals surface area contributed by atoms with E-state index in [0.29, 0.717) is 19.3 Å². The van der Waals surface area contributed by atoms with Gasteiger partial charge in [0.1, 0.15) is 0 Å². The standard InChI is InChI=1S/C23H30N2O4S.ClH/c1-3-18(23(26)27)22-17(11-8-12-19(22)16-9-6-5-7-10-16)15-21-20(13-14-24-21)25-30(28,29)4-2;/h5-12,18,20-21,24-25H,3-4,13-15H2,1-2H3,(H,26,27);1H. The third-order valence-corrected chi connectivity index (χ3v) is 7.26. The van der Waals surface area contributed by atoms with Crippen LogP contribution in [0.4, 0.5) is 0 Å². The third kappa shape index (κ3) is 6.07. The molecular formula is C23H31ClN2O4S. The molecule has 3 N–H and O–H groups in total. The minimum atomic E-state index is -3.31. The lowest BCUT2D eigenvalue weighted by Gasteiger charge is -2.25. The van der Waals surface area contributed by atoms with Crippen molar-refractivity contribution in [1.29, 1.82) is 0 Å². The molecular weight excluding hydrogens is 436 g/mol. The first kappa shape index (κ1) is 25.3. The van der Waals surface area contributed by atoms with Crippen LogP contribution in [0, 0.1) is 0 Å². The Morgan fingerprint density at radius 2 is 1.87 bits per heavy atom. The molecule has 3 atom stereocenters. The molecule has 0 spiro atoms.